The van der Waals surface area contributed by atoms with Crippen LogP contribution >= 0.6 is 0 Å². The van der Waals surface area contributed by atoms with Crippen molar-refractivity contribution in [2.24, 2.45) is 0 Å². The first-order chi connectivity index (χ1) is 10.6. The summed E-state index contributed by atoms with van der Waals surface area (Å²) < 4.78 is 11.1. The number of hydrogen-bond acceptors (Lipinski definition) is 4. The van der Waals surface area contributed by atoms with E-state index in [1.165, 1.54) is 0 Å². The lowest BCUT2D eigenvalue weighted by Gasteiger charge is -2.12. The summed E-state index contributed by atoms with van der Waals surface area (Å²) >= 11 is 0. The van der Waals surface area contributed by atoms with E-state index in [0.29, 0.717) is 17.0 Å². The predicted molar refractivity (Wildman–Crippen MR) is 82.0 cm³/mol. The minimum absolute atomic E-state index is 0.181. The van der Waals surface area contributed by atoms with E-state index in [1.54, 1.807) is 6.92 Å². The van der Waals surface area contributed by atoms with Crippen molar-refractivity contribution in [3.8, 4) is 5.75 Å². The van der Waals surface area contributed by atoms with Crippen LogP contribution in [-0.4, -0.2) is 17.1 Å². The van der Waals surface area contributed by atoms with E-state index in [-0.39, 0.29) is 18.6 Å². The quantitative estimate of drug-likeness (QED) is 0.921. The molecule has 3 rings (SSSR count). The third-order valence-corrected chi connectivity index (χ3v) is 3.88. The van der Waals surface area contributed by atoms with Crippen LogP contribution in [0.3, 0.4) is 0 Å². The van der Waals surface area contributed by atoms with Crippen molar-refractivity contribution < 1.29 is 14.1 Å². The lowest BCUT2D eigenvalue weighted by Crippen LogP contribution is -2.27. The molecule has 0 atom stereocenters. The smallest absolute Gasteiger partial charge is 0.274 e. The van der Waals surface area contributed by atoms with E-state index in [0.717, 1.165) is 29.7 Å². The highest BCUT2D eigenvalue weighted by Crippen LogP contribution is 2.25. The fourth-order valence-corrected chi connectivity index (χ4v) is 2.39. The number of ether oxygens (including phenoxy) is 1. The van der Waals surface area contributed by atoms with Crippen LogP contribution in [0.2, 0.25) is 0 Å². The lowest BCUT2D eigenvalue weighted by atomic mass is 10.1. The minimum Gasteiger partial charge on any atom is -0.488 e. The zero-order valence-electron chi connectivity index (χ0n) is 13.1. The van der Waals surface area contributed by atoms with Crippen molar-refractivity contribution in [1.29, 1.82) is 0 Å². The number of rotatable bonds is 5. The van der Waals surface area contributed by atoms with Crippen LogP contribution in [0.1, 0.15) is 45.8 Å². The minimum atomic E-state index is -0.181. The molecule has 1 fully saturated rings. The zero-order chi connectivity index (χ0) is 15.7. The Balaban J connectivity index is 1.77. The molecule has 1 heterocycles. The molecule has 5 nitrogen and oxygen atoms in total. The summed E-state index contributed by atoms with van der Waals surface area (Å²) in [5.74, 6) is 1.28. The van der Waals surface area contributed by atoms with Gasteiger partial charge in [-0.15, -0.1) is 0 Å². The van der Waals surface area contributed by atoms with E-state index in [4.69, 9.17) is 9.26 Å². The molecule has 0 bridgehead atoms. The molecule has 5 heteroatoms. The van der Waals surface area contributed by atoms with Crippen molar-refractivity contribution in [1.82, 2.24) is 10.5 Å². The van der Waals surface area contributed by atoms with E-state index in [1.807, 2.05) is 32.0 Å². The maximum atomic E-state index is 12.2. The molecule has 0 spiro atoms. The monoisotopic (exact) mass is 300 g/mol. The average Bonchev–Trinajstić information content (AvgIpc) is 3.21. The summed E-state index contributed by atoms with van der Waals surface area (Å²) in [5.41, 5.74) is 3.17. The molecule has 0 saturated heterocycles. The molecule has 1 amide bonds. The molecule has 0 aliphatic heterocycles. The second kappa shape index (κ2) is 5.83. The number of hydrogen-bond donors (Lipinski definition) is 1. The van der Waals surface area contributed by atoms with Crippen LogP contribution in [0.4, 0.5) is 0 Å². The number of aromatic nitrogens is 1. The summed E-state index contributed by atoms with van der Waals surface area (Å²) in [4.78, 5) is 12.2. The topological polar surface area (TPSA) is 64.4 Å². The van der Waals surface area contributed by atoms with Gasteiger partial charge in [0.1, 0.15) is 18.1 Å². The number of carbonyl (C=O) groups excluding carboxylic acids is 1. The van der Waals surface area contributed by atoms with Crippen LogP contribution in [0, 0.1) is 20.8 Å². The van der Waals surface area contributed by atoms with E-state index in [9.17, 15) is 4.79 Å². The van der Waals surface area contributed by atoms with Gasteiger partial charge in [0.15, 0.2) is 5.69 Å². The maximum Gasteiger partial charge on any atom is 0.274 e. The Morgan fingerprint density at radius 1 is 1.32 bits per heavy atom. The fraction of sp³-hybridized carbons (Fsp3) is 0.412. The molecule has 1 aromatic carbocycles. The van der Waals surface area contributed by atoms with Gasteiger partial charge in [-0.25, -0.2) is 0 Å². The summed E-state index contributed by atoms with van der Waals surface area (Å²) in [5, 5.41) is 6.81. The number of aryl methyl sites for hydroxylation is 3. The normalized spacial score (nSPS) is 14.0. The lowest BCUT2D eigenvalue weighted by molar-refractivity contribution is 0.0940. The first-order valence-corrected chi connectivity index (χ1v) is 7.51. The molecule has 1 saturated carbocycles. The number of para-hydroxylation sites is 1. The van der Waals surface area contributed by atoms with Crippen molar-refractivity contribution >= 4 is 5.91 Å². The molecular weight excluding hydrogens is 280 g/mol. The molecule has 22 heavy (non-hydrogen) atoms. The molecule has 1 N–H and O–H groups in total. The van der Waals surface area contributed by atoms with Crippen molar-refractivity contribution in [2.75, 3.05) is 0 Å². The molecule has 116 valence electrons. The van der Waals surface area contributed by atoms with E-state index < -0.39 is 0 Å². The highest BCUT2D eigenvalue weighted by atomic mass is 16.5. The van der Waals surface area contributed by atoms with Gasteiger partial charge in [0.25, 0.3) is 5.91 Å². The Morgan fingerprint density at radius 2 is 2.00 bits per heavy atom. The molecule has 1 aromatic heterocycles. The van der Waals surface area contributed by atoms with Gasteiger partial charge < -0.3 is 14.6 Å². The van der Waals surface area contributed by atoms with E-state index >= 15 is 0 Å². The summed E-state index contributed by atoms with van der Waals surface area (Å²) in [7, 11) is 0. The van der Waals surface area contributed by atoms with Crippen LogP contribution < -0.4 is 10.1 Å². The second-order valence-electron chi connectivity index (χ2n) is 5.82. The average molecular weight is 300 g/mol. The van der Waals surface area contributed by atoms with Gasteiger partial charge in [-0.3, -0.25) is 4.79 Å². The first-order valence-electron chi connectivity index (χ1n) is 7.51. The van der Waals surface area contributed by atoms with Crippen molar-refractivity contribution in [2.45, 2.75) is 46.3 Å². The molecule has 0 radical (unpaired) electrons. The standard InChI is InChI=1S/C17H20N2O3/c1-10-5-4-6-11(2)16(10)21-9-14-12(3)22-19-15(14)17(20)18-13-7-8-13/h4-6,13H,7-9H2,1-3H3,(H,18,20). The molecule has 1 aliphatic rings. The summed E-state index contributed by atoms with van der Waals surface area (Å²) in [6.07, 6.45) is 2.08. The zero-order valence-corrected chi connectivity index (χ0v) is 13.1. The van der Waals surface area contributed by atoms with E-state index in [2.05, 4.69) is 10.5 Å². The van der Waals surface area contributed by atoms with Crippen LogP contribution in [-0.2, 0) is 6.61 Å². The number of carbonyl (C=O) groups is 1. The molecule has 0 unspecified atom stereocenters. The second-order valence-corrected chi connectivity index (χ2v) is 5.82. The fourth-order valence-electron chi connectivity index (χ4n) is 2.39. The van der Waals surface area contributed by atoms with Gasteiger partial charge in [-0.1, -0.05) is 23.4 Å². The Labute approximate surface area is 129 Å². The van der Waals surface area contributed by atoms with Crippen molar-refractivity contribution in [3.63, 3.8) is 0 Å². The summed E-state index contributed by atoms with van der Waals surface area (Å²) in [6, 6.07) is 6.29. The highest BCUT2D eigenvalue weighted by Gasteiger charge is 2.27. The third kappa shape index (κ3) is 2.98. The highest BCUT2D eigenvalue weighted by molar-refractivity contribution is 5.94. The molecule has 2 aromatic rings. The predicted octanol–water partition coefficient (Wildman–Crippen LogP) is 3.07. The van der Waals surface area contributed by atoms with Gasteiger partial charge in [-0.05, 0) is 44.7 Å². The van der Waals surface area contributed by atoms with Gasteiger partial charge in [0.2, 0.25) is 0 Å². The van der Waals surface area contributed by atoms with Crippen LogP contribution in [0.5, 0.6) is 5.75 Å². The third-order valence-electron chi connectivity index (χ3n) is 3.88. The van der Waals surface area contributed by atoms with Crippen molar-refractivity contribution in [3.05, 3.63) is 46.3 Å². The van der Waals surface area contributed by atoms with Crippen LogP contribution in [0.15, 0.2) is 22.7 Å². The van der Waals surface area contributed by atoms with Gasteiger partial charge in [0, 0.05) is 6.04 Å². The Kier molecular flexibility index (Phi) is 3.88. The number of nitrogens with one attached hydrogen (secondary N) is 1. The van der Waals surface area contributed by atoms with Gasteiger partial charge in [-0.2, -0.15) is 0 Å². The molecular formula is C17H20N2O3. The Bertz CT molecular complexity index is 682. The SMILES string of the molecule is Cc1cccc(C)c1OCc1c(C(=O)NC2CC2)noc1C. The maximum absolute atomic E-state index is 12.2. The number of nitrogens with zero attached hydrogens (tertiary/aromatic N) is 1. The Hall–Kier alpha value is -2.30. The van der Waals surface area contributed by atoms with Gasteiger partial charge >= 0.3 is 0 Å². The number of amides is 1. The largest absolute Gasteiger partial charge is 0.488 e. The summed E-state index contributed by atoms with van der Waals surface area (Å²) in [6.45, 7) is 6.08. The first kappa shape index (κ1) is 14.6. The van der Waals surface area contributed by atoms with Crippen LogP contribution in [0.25, 0.3) is 0 Å². The molecule has 1 aliphatic carbocycles. The number of benzene rings is 1. The van der Waals surface area contributed by atoms with Gasteiger partial charge in [0.05, 0.1) is 5.56 Å². The Morgan fingerprint density at radius 3 is 2.64 bits per heavy atom.